The van der Waals surface area contributed by atoms with E-state index in [1.807, 2.05) is 24.3 Å². The van der Waals surface area contributed by atoms with E-state index in [-0.39, 0.29) is 18.4 Å². The summed E-state index contributed by atoms with van der Waals surface area (Å²) in [6.07, 6.45) is 4.37. The molecule has 2 rings (SSSR count). The van der Waals surface area contributed by atoms with Gasteiger partial charge in [-0.05, 0) is 43.7 Å². The molecule has 0 aromatic heterocycles. The molecule has 1 saturated heterocycles. The molecule has 1 aliphatic rings. The standard InChI is InChI=1S/C15H20N2O2.ClH/c1-2-19-15(18)8-5-12-3-6-13(7-4-12)17-14-9-10-16-11-14;/h3-8,14,16-17H,2,9-11H2,1H3;1H/b8-5+;/t14-;/m1./s1. The summed E-state index contributed by atoms with van der Waals surface area (Å²) in [5.41, 5.74) is 2.10. The normalized spacial score (nSPS) is 17.8. The van der Waals surface area contributed by atoms with Gasteiger partial charge in [-0.25, -0.2) is 4.79 Å². The predicted octanol–water partition coefficient (Wildman–Crippen LogP) is 2.46. The molecular weight excluding hydrogens is 276 g/mol. The van der Waals surface area contributed by atoms with Crippen molar-refractivity contribution < 1.29 is 9.53 Å². The Hall–Kier alpha value is -1.52. The molecule has 1 heterocycles. The Kier molecular flexibility index (Phi) is 7.12. The first-order chi connectivity index (χ1) is 9.28. The zero-order valence-corrected chi connectivity index (χ0v) is 12.4. The fraction of sp³-hybridized carbons (Fsp3) is 0.400. The van der Waals surface area contributed by atoms with Crippen LogP contribution in [-0.4, -0.2) is 31.7 Å². The molecule has 1 atom stereocenters. The molecular formula is C15H21ClN2O2. The molecule has 0 saturated carbocycles. The highest BCUT2D eigenvalue weighted by Crippen LogP contribution is 2.14. The third-order valence-corrected chi connectivity index (χ3v) is 3.04. The average Bonchev–Trinajstić information content (AvgIpc) is 2.91. The number of esters is 1. The van der Waals surface area contributed by atoms with E-state index in [4.69, 9.17) is 4.74 Å². The molecule has 0 bridgehead atoms. The number of anilines is 1. The van der Waals surface area contributed by atoms with E-state index in [0.29, 0.717) is 12.6 Å². The van der Waals surface area contributed by atoms with Crippen LogP contribution in [0.3, 0.4) is 0 Å². The molecule has 1 aromatic rings. The van der Waals surface area contributed by atoms with Crippen LogP contribution in [0.2, 0.25) is 0 Å². The molecule has 0 unspecified atom stereocenters. The quantitative estimate of drug-likeness (QED) is 0.647. The summed E-state index contributed by atoms with van der Waals surface area (Å²) >= 11 is 0. The highest BCUT2D eigenvalue weighted by atomic mass is 35.5. The molecule has 2 N–H and O–H groups in total. The molecule has 4 nitrogen and oxygen atoms in total. The van der Waals surface area contributed by atoms with Crippen molar-refractivity contribution in [1.29, 1.82) is 0 Å². The Morgan fingerprint density at radius 2 is 2.20 bits per heavy atom. The molecule has 110 valence electrons. The van der Waals surface area contributed by atoms with E-state index < -0.39 is 0 Å². The van der Waals surface area contributed by atoms with E-state index in [1.165, 1.54) is 6.08 Å². The zero-order chi connectivity index (χ0) is 13.5. The smallest absolute Gasteiger partial charge is 0.330 e. The highest BCUT2D eigenvalue weighted by Gasteiger charge is 2.13. The second kappa shape index (κ2) is 8.61. The Labute approximate surface area is 126 Å². The van der Waals surface area contributed by atoms with Gasteiger partial charge in [0.2, 0.25) is 0 Å². The van der Waals surface area contributed by atoms with Crippen LogP contribution in [0, 0.1) is 0 Å². The lowest BCUT2D eigenvalue weighted by Gasteiger charge is -2.12. The van der Waals surface area contributed by atoms with E-state index >= 15 is 0 Å². The van der Waals surface area contributed by atoms with Gasteiger partial charge in [-0.15, -0.1) is 12.4 Å². The second-order valence-electron chi connectivity index (χ2n) is 4.54. The van der Waals surface area contributed by atoms with Crippen molar-refractivity contribution in [3.05, 3.63) is 35.9 Å². The number of halogens is 1. The molecule has 0 radical (unpaired) electrons. The van der Waals surface area contributed by atoms with E-state index in [0.717, 1.165) is 30.8 Å². The van der Waals surface area contributed by atoms with E-state index in [1.54, 1.807) is 13.0 Å². The van der Waals surface area contributed by atoms with Gasteiger partial charge in [-0.2, -0.15) is 0 Å². The minimum atomic E-state index is -0.304. The van der Waals surface area contributed by atoms with E-state index in [9.17, 15) is 4.79 Å². The van der Waals surface area contributed by atoms with Crippen LogP contribution < -0.4 is 10.6 Å². The van der Waals surface area contributed by atoms with Gasteiger partial charge in [-0.1, -0.05) is 12.1 Å². The van der Waals surface area contributed by atoms with Crippen LogP contribution in [0.5, 0.6) is 0 Å². The van der Waals surface area contributed by atoms with Gasteiger partial charge in [0.1, 0.15) is 0 Å². The Balaban J connectivity index is 0.00000200. The Morgan fingerprint density at radius 1 is 1.45 bits per heavy atom. The second-order valence-corrected chi connectivity index (χ2v) is 4.54. The van der Waals surface area contributed by atoms with Crippen molar-refractivity contribution in [2.75, 3.05) is 25.0 Å². The first-order valence-corrected chi connectivity index (χ1v) is 6.70. The molecule has 0 aliphatic carbocycles. The Bertz CT molecular complexity index is 440. The Morgan fingerprint density at radius 3 is 2.80 bits per heavy atom. The number of rotatable bonds is 5. The highest BCUT2D eigenvalue weighted by molar-refractivity contribution is 5.87. The summed E-state index contributed by atoms with van der Waals surface area (Å²) < 4.78 is 4.83. The molecule has 5 heteroatoms. The van der Waals surface area contributed by atoms with Crippen molar-refractivity contribution in [3.63, 3.8) is 0 Å². The molecule has 1 aromatic carbocycles. The summed E-state index contributed by atoms with van der Waals surface area (Å²) in [6.45, 7) is 4.30. The van der Waals surface area contributed by atoms with Gasteiger partial charge in [0.25, 0.3) is 0 Å². The maximum atomic E-state index is 11.2. The van der Waals surface area contributed by atoms with Crippen LogP contribution in [0.4, 0.5) is 5.69 Å². The molecule has 0 spiro atoms. The SMILES string of the molecule is CCOC(=O)/C=C/c1ccc(N[C@@H]2CCNC2)cc1.Cl. The molecule has 20 heavy (non-hydrogen) atoms. The number of benzene rings is 1. The minimum Gasteiger partial charge on any atom is -0.463 e. The number of hydrogen-bond acceptors (Lipinski definition) is 4. The lowest BCUT2D eigenvalue weighted by atomic mass is 10.1. The number of nitrogens with one attached hydrogen (secondary N) is 2. The van der Waals surface area contributed by atoms with Crippen LogP contribution in [0.25, 0.3) is 6.08 Å². The summed E-state index contributed by atoms with van der Waals surface area (Å²) in [6, 6.07) is 8.55. The van der Waals surface area contributed by atoms with Gasteiger partial charge in [-0.3, -0.25) is 0 Å². The summed E-state index contributed by atoms with van der Waals surface area (Å²) in [4.78, 5) is 11.2. The maximum absolute atomic E-state index is 11.2. The lowest BCUT2D eigenvalue weighted by molar-refractivity contribution is -0.137. The fourth-order valence-corrected chi connectivity index (χ4v) is 2.06. The predicted molar refractivity (Wildman–Crippen MR) is 84.3 cm³/mol. The summed E-state index contributed by atoms with van der Waals surface area (Å²) in [5.74, 6) is -0.304. The first kappa shape index (κ1) is 16.5. The maximum Gasteiger partial charge on any atom is 0.330 e. The molecule has 1 fully saturated rings. The van der Waals surface area contributed by atoms with Crippen LogP contribution in [0.15, 0.2) is 30.3 Å². The number of carbonyl (C=O) groups is 1. The number of hydrogen-bond donors (Lipinski definition) is 2. The van der Waals surface area contributed by atoms with Crippen LogP contribution in [-0.2, 0) is 9.53 Å². The first-order valence-electron chi connectivity index (χ1n) is 6.70. The van der Waals surface area contributed by atoms with Gasteiger partial charge in [0.15, 0.2) is 0 Å². The summed E-state index contributed by atoms with van der Waals surface area (Å²) in [7, 11) is 0. The van der Waals surface area contributed by atoms with Crippen molar-refractivity contribution in [1.82, 2.24) is 5.32 Å². The van der Waals surface area contributed by atoms with E-state index in [2.05, 4.69) is 10.6 Å². The number of ether oxygens (including phenoxy) is 1. The van der Waals surface area contributed by atoms with Crippen molar-refractivity contribution in [2.45, 2.75) is 19.4 Å². The van der Waals surface area contributed by atoms with Crippen molar-refractivity contribution >= 4 is 30.1 Å². The van der Waals surface area contributed by atoms with Crippen LogP contribution >= 0.6 is 12.4 Å². The fourth-order valence-electron chi connectivity index (χ4n) is 2.06. The van der Waals surface area contributed by atoms with Gasteiger partial charge in [0.05, 0.1) is 6.61 Å². The minimum absolute atomic E-state index is 0. The number of carbonyl (C=O) groups excluding carboxylic acids is 1. The van der Waals surface area contributed by atoms with Gasteiger partial charge < -0.3 is 15.4 Å². The topological polar surface area (TPSA) is 50.4 Å². The molecule has 1 aliphatic heterocycles. The monoisotopic (exact) mass is 296 g/mol. The third-order valence-electron chi connectivity index (χ3n) is 3.04. The lowest BCUT2D eigenvalue weighted by Crippen LogP contribution is -2.21. The largest absolute Gasteiger partial charge is 0.463 e. The van der Waals surface area contributed by atoms with Crippen molar-refractivity contribution in [3.8, 4) is 0 Å². The third kappa shape index (κ3) is 5.23. The molecule has 0 amide bonds. The van der Waals surface area contributed by atoms with Gasteiger partial charge in [0, 0.05) is 24.4 Å². The van der Waals surface area contributed by atoms with Crippen molar-refractivity contribution in [2.24, 2.45) is 0 Å². The summed E-state index contributed by atoms with van der Waals surface area (Å²) in [5, 5.41) is 6.80. The van der Waals surface area contributed by atoms with Crippen LogP contribution in [0.1, 0.15) is 18.9 Å². The van der Waals surface area contributed by atoms with Gasteiger partial charge >= 0.3 is 5.97 Å². The zero-order valence-electron chi connectivity index (χ0n) is 11.6. The average molecular weight is 297 g/mol.